The van der Waals surface area contributed by atoms with Gasteiger partial charge in [-0.05, 0) is 31.5 Å². The van der Waals surface area contributed by atoms with Gasteiger partial charge in [0.2, 0.25) is 11.0 Å². The van der Waals surface area contributed by atoms with Crippen molar-refractivity contribution in [3.63, 3.8) is 0 Å². The van der Waals surface area contributed by atoms with E-state index >= 15 is 0 Å². The second-order valence-electron chi connectivity index (χ2n) is 5.29. The number of rotatable bonds is 5. The molecule has 0 radical (unpaired) electrons. The van der Waals surface area contributed by atoms with Crippen molar-refractivity contribution in [2.45, 2.75) is 24.0 Å². The Kier molecular flexibility index (Phi) is 5.27. The van der Waals surface area contributed by atoms with Gasteiger partial charge < -0.3 is 0 Å². The van der Waals surface area contributed by atoms with Gasteiger partial charge in [0.25, 0.3) is 0 Å². The van der Waals surface area contributed by atoms with Gasteiger partial charge in [-0.25, -0.2) is 0 Å². The molecule has 1 N–H and O–H groups in total. The molecule has 0 saturated carbocycles. The number of anilines is 1. The van der Waals surface area contributed by atoms with Crippen LogP contribution in [0.2, 0.25) is 0 Å². The third kappa shape index (κ3) is 4.01. The van der Waals surface area contributed by atoms with Crippen LogP contribution in [0.1, 0.15) is 12.5 Å². The van der Waals surface area contributed by atoms with Crippen LogP contribution in [-0.2, 0) is 4.79 Å². The second kappa shape index (κ2) is 7.59. The molecule has 3 aromatic rings. The molecule has 1 aromatic heterocycles. The summed E-state index contributed by atoms with van der Waals surface area (Å²) in [6.45, 7) is 3.92. The minimum absolute atomic E-state index is 0.0728. The van der Waals surface area contributed by atoms with Gasteiger partial charge in [0, 0.05) is 10.5 Å². The monoisotopic (exact) mass is 355 g/mol. The Labute approximate surface area is 149 Å². The predicted molar refractivity (Wildman–Crippen MR) is 100 cm³/mol. The molecular formula is C18H17N3OS2. The summed E-state index contributed by atoms with van der Waals surface area (Å²) < 4.78 is 0. The topological polar surface area (TPSA) is 54.9 Å². The highest BCUT2D eigenvalue weighted by molar-refractivity contribution is 8.00. The molecule has 0 bridgehead atoms. The summed E-state index contributed by atoms with van der Waals surface area (Å²) in [5.74, 6) is -0.0728. The lowest BCUT2D eigenvalue weighted by Crippen LogP contribution is -2.22. The molecule has 1 atom stereocenters. The normalized spacial score (nSPS) is 11.9. The van der Waals surface area contributed by atoms with Crippen LogP contribution in [0.15, 0.2) is 59.5 Å². The number of benzene rings is 2. The Balaban J connectivity index is 1.66. The molecule has 3 rings (SSSR count). The summed E-state index contributed by atoms with van der Waals surface area (Å²) in [4.78, 5) is 13.4. The van der Waals surface area contributed by atoms with E-state index < -0.39 is 0 Å². The molecule has 2 aromatic carbocycles. The number of amides is 1. The minimum atomic E-state index is -0.210. The van der Waals surface area contributed by atoms with Gasteiger partial charge in [0.05, 0.1) is 5.25 Å². The zero-order valence-electron chi connectivity index (χ0n) is 13.4. The summed E-state index contributed by atoms with van der Waals surface area (Å²) >= 11 is 2.91. The summed E-state index contributed by atoms with van der Waals surface area (Å²) in [5, 5.41) is 12.3. The van der Waals surface area contributed by atoms with E-state index in [-0.39, 0.29) is 11.2 Å². The van der Waals surface area contributed by atoms with Crippen LogP contribution in [0.5, 0.6) is 0 Å². The molecule has 24 heavy (non-hydrogen) atoms. The second-order valence-corrected chi connectivity index (χ2v) is 7.68. The number of aromatic nitrogens is 2. The van der Waals surface area contributed by atoms with Crippen molar-refractivity contribution < 1.29 is 4.79 Å². The molecule has 1 heterocycles. The molecule has 122 valence electrons. The third-order valence-corrected chi connectivity index (χ3v) is 5.44. The maximum absolute atomic E-state index is 12.3. The van der Waals surface area contributed by atoms with E-state index in [0.29, 0.717) is 5.13 Å². The Morgan fingerprint density at radius 3 is 2.54 bits per heavy atom. The first-order valence-corrected chi connectivity index (χ1v) is 9.25. The zero-order chi connectivity index (χ0) is 16.9. The van der Waals surface area contributed by atoms with Gasteiger partial charge in [-0.3, -0.25) is 10.1 Å². The molecular weight excluding hydrogens is 338 g/mol. The maximum Gasteiger partial charge on any atom is 0.239 e. The lowest BCUT2D eigenvalue weighted by Gasteiger charge is -2.09. The summed E-state index contributed by atoms with van der Waals surface area (Å²) in [6, 6.07) is 17.9. The highest BCUT2D eigenvalue weighted by Crippen LogP contribution is 2.29. The molecule has 0 fully saturated rings. The van der Waals surface area contributed by atoms with E-state index in [9.17, 15) is 4.79 Å². The molecule has 0 aliphatic rings. The number of aryl methyl sites for hydroxylation is 1. The average Bonchev–Trinajstić information content (AvgIpc) is 3.04. The first-order valence-electron chi connectivity index (χ1n) is 7.55. The van der Waals surface area contributed by atoms with Crippen molar-refractivity contribution in [1.29, 1.82) is 0 Å². The Hall–Kier alpha value is -2.18. The van der Waals surface area contributed by atoms with E-state index in [4.69, 9.17) is 0 Å². The molecule has 0 unspecified atom stereocenters. The van der Waals surface area contributed by atoms with Crippen LogP contribution in [0, 0.1) is 6.92 Å². The fraction of sp³-hybridized carbons (Fsp3) is 0.167. The van der Waals surface area contributed by atoms with E-state index in [1.54, 1.807) is 0 Å². The lowest BCUT2D eigenvalue weighted by atomic mass is 10.1. The Bertz CT molecular complexity index is 833. The van der Waals surface area contributed by atoms with Crippen molar-refractivity contribution in [1.82, 2.24) is 10.2 Å². The summed E-state index contributed by atoms with van der Waals surface area (Å²) in [7, 11) is 0. The minimum Gasteiger partial charge on any atom is -0.300 e. The molecule has 1 amide bonds. The van der Waals surface area contributed by atoms with Crippen LogP contribution in [0.4, 0.5) is 5.13 Å². The van der Waals surface area contributed by atoms with E-state index in [2.05, 4.69) is 15.5 Å². The van der Waals surface area contributed by atoms with Crippen LogP contribution < -0.4 is 5.32 Å². The lowest BCUT2D eigenvalue weighted by molar-refractivity contribution is -0.115. The fourth-order valence-corrected chi connectivity index (χ4v) is 3.88. The van der Waals surface area contributed by atoms with Gasteiger partial charge in [-0.15, -0.1) is 22.0 Å². The van der Waals surface area contributed by atoms with Crippen LogP contribution in [0.25, 0.3) is 10.6 Å². The number of carbonyl (C=O) groups is 1. The van der Waals surface area contributed by atoms with Crippen LogP contribution in [0.3, 0.4) is 0 Å². The number of hydrogen-bond donors (Lipinski definition) is 1. The Morgan fingerprint density at radius 2 is 1.79 bits per heavy atom. The number of carbonyl (C=O) groups excluding carboxylic acids is 1. The Morgan fingerprint density at radius 1 is 1.08 bits per heavy atom. The molecule has 6 heteroatoms. The number of nitrogens with one attached hydrogen (secondary N) is 1. The fourth-order valence-electron chi connectivity index (χ4n) is 2.16. The molecule has 0 aliphatic heterocycles. The van der Waals surface area contributed by atoms with E-state index in [0.717, 1.165) is 21.0 Å². The standard InChI is InChI=1S/C18H17N3OS2/c1-12-8-6-7-11-15(12)17-20-21-18(24-17)19-16(22)13(2)23-14-9-4-3-5-10-14/h3-11,13H,1-2H3,(H,19,21,22)/t13-/m0/s1. The quantitative estimate of drug-likeness (QED) is 0.678. The maximum atomic E-state index is 12.3. The van der Waals surface area contributed by atoms with Gasteiger partial charge >= 0.3 is 0 Å². The zero-order valence-corrected chi connectivity index (χ0v) is 15.0. The average molecular weight is 355 g/mol. The number of nitrogens with zero attached hydrogens (tertiary/aromatic N) is 2. The molecule has 0 aliphatic carbocycles. The SMILES string of the molecule is Cc1ccccc1-c1nnc(NC(=O)[C@H](C)Sc2ccccc2)s1. The third-order valence-electron chi connectivity index (χ3n) is 3.46. The van der Waals surface area contributed by atoms with Crippen LogP contribution in [-0.4, -0.2) is 21.4 Å². The van der Waals surface area contributed by atoms with E-state index in [1.165, 1.54) is 23.1 Å². The molecule has 0 saturated heterocycles. The van der Waals surface area contributed by atoms with Crippen molar-refractivity contribution in [2.24, 2.45) is 0 Å². The smallest absolute Gasteiger partial charge is 0.239 e. The molecule has 0 spiro atoms. The van der Waals surface area contributed by atoms with Gasteiger partial charge in [-0.1, -0.05) is 53.8 Å². The predicted octanol–water partition coefficient (Wildman–Crippen LogP) is 4.63. The van der Waals surface area contributed by atoms with Crippen molar-refractivity contribution in [2.75, 3.05) is 5.32 Å². The summed E-state index contributed by atoms with van der Waals surface area (Å²) in [5.41, 5.74) is 2.18. The highest BCUT2D eigenvalue weighted by Gasteiger charge is 2.17. The van der Waals surface area contributed by atoms with E-state index in [1.807, 2.05) is 68.4 Å². The van der Waals surface area contributed by atoms with Crippen LogP contribution >= 0.6 is 23.1 Å². The highest BCUT2D eigenvalue weighted by atomic mass is 32.2. The largest absolute Gasteiger partial charge is 0.300 e. The van der Waals surface area contributed by atoms with Gasteiger partial charge in [0.15, 0.2) is 0 Å². The van der Waals surface area contributed by atoms with Crippen molar-refractivity contribution in [3.8, 4) is 10.6 Å². The van der Waals surface area contributed by atoms with Gasteiger partial charge in [0.1, 0.15) is 5.01 Å². The number of thioether (sulfide) groups is 1. The first-order chi connectivity index (χ1) is 11.6. The van der Waals surface area contributed by atoms with Crippen molar-refractivity contribution >= 4 is 34.1 Å². The number of hydrogen-bond acceptors (Lipinski definition) is 5. The summed E-state index contributed by atoms with van der Waals surface area (Å²) in [6.07, 6.45) is 0. The van der Waals surface area contributed by atoms with Crippen molar-refractivity contribution in [3.05, 3.63) is 60.2 Å². The first kappa shape index (κ1) is 16.7. The molecule has 4 nitrogen and oxygen atoms in total. The van der Waals surface area contributed by atoms with Gasteiger partial charge in [-0.2, -0.15) is 0 Å².